The maximum atomic E-state index is 9.75. The van der Waals surface area contributed by atoms with E-state index >= 15 is 0 Å². The molecule has 2 N–H and O–H groups in total. The van der Waals surface area contributed by atoms with E-state index < -0.39 is 5.54 Å². The number of H-pyrrole nitrogens is 1. The van der Waals surface area contributed by atoms with Crippen LogP contribution in [0, 0.1) is 11.3 Å². The Morgan fingerprint density at radius 1 is 1.40 bits per heavy atom. The lowest BCUT2D eigenvalue weighted by Gasteiger charge is -2.30. The highest BCUT2D eigenvalue weighted by molar-refractivity contribution is 7.99. The Balaban J connectivity index is 2.25. The lowest BCUT2D eigenvalue weighted by Crippen LogP contribution is -2.47. The van der Waals surface area contributed by atoms with Crippen LogP contribution in [0.2, 0.25) is 0 Å². The lowest BCUT2D eigenvalue weighted by molar-refractivity contribution is 0.425. The van der Waals surface area contributed by atoms with Gasteiger partial charge in [-0.3, -0.25) is 5.32 Å². The van der Waals surface area contributed by atoms with Crippen molar-refractivity contribution in [2.75, 3.05) is 5.75 Å². The first kappa shape index (κ1) is 14.6. The van der Waals surface area contributed by atoms with Crippen molar-refractivity contribution in [3.8, 4) is 6.07 Å². The van der Waals surface area contributed by atoms with E-state index in [9.17, 15) is 5.26 Å². The van der Waals surface area contributed by atoms with Gasteiger partial charge in [-0.1, -0.05) is 42.1 Å². The van der Waals surface area contributed by atoms with E-state index in [-0.39, 0.29) is 6.04 Å². The average molecular weight is 286 g/mol. The van der Waals surface area contributed by atoms with Crippen molar-refractivity contribution in [3.05, 3.63) is 48.3 Å². The summed E-state index contributed by atoms with van der Waals surface area (Å²) in [6, 6.07) is 12.5. The van der Waals surface area contributed by atoms with Crippen LogP contribution in [0.25, 0.3) is 0 Å². The Hall–Kier alpha value is -1.77. The number of hydrogen-bond acceptors (Lipinski definition) is 4. The number of hydrogen-bond donors (Lipinski definition) is 2. The fourth-order valence-electron chi connectivity index (χ4n) is 2.06. The van der Waals surface area contributed by atoms with E-state index in [2.05, 4.69) is 21.4 Å². The molecule has 104 valence electrons. The van der Waals surface area contributed by atoms with Crippen LogP contribution in [0.5, 0.6) is 0 Å². The SMILES string of the molecule is CC(C)NC(C#N)(CSc1ncc[nH]1)c1ccccc1. The van der Waals surface area contributed by atoms with Gasteiger partial charge in [0, 0.05) is 24.2 Å². The maximum Gasteiger partial charge on any atom is 0.165 e. The molecule has 0 aliphatic rings. The molecule has 4 nitrogen and oxygen atoms in total. The summed E-state index contributed by atoms with van der Waals surface area (Å²) in [5.74, 6) is 0.596. The highest BCUT2D eigenvalue weighted by Gasteiger charge is 2.33. The monoisotopic (exact) mass is 286 g/mol. The van der Waals surface area contributed by atoms with Gasteiger partial charge in [0.15, 0.2) is 5.16 Å². The summed E-state index contributed by atoms with van der Waals surface area (Å²) in [6.45, 7) is 4.10. The largest absolute Gasteiger partial charge is 0.340 e. The number of rotatable bonds is 6. The number of aromatic nitrogens is 2. The van der Waals surface area contributed by atoms with Crippen molar-refractivity contribution >= 4 is 11.8 Å². The zero-order valence-electron chi connectivity index (χ0n) is 11.6. The number of benzene rings is 1. The smallest absolute Gasteiger partial charge is 0.165 e. The van der Waals surface area contributed by atoms with Crippen LogP contribution < -0.4 is 5.32 Å². The molecule has 0 amide bonds. The molecule has 0 aliphatic heterocycles. The molecule has 2 aromatic rings. The lowest BCUT2D eigenvalue weighted by atomic mass is 9.92. The third kappa shape index (κ3) is 3.41. The minimum Gasteiger partial charge on any atom is -0.340 e. The Kier molecular flexibility index (Phi) is 4.83. The van der Waals surface area contributed by atoms with E-state index in [0.29, 0.717) is 5.75 Å². The van der Waals surface area contributed by atoms with Crippen LogP contribution in [-0.2, 0) is 5.54 Å². The second-order valence-electron chi connectivity index (χ2n) is 4.87. The van der Waals surface area contributed by atoms with Gasteiger partial charge >= 0.3 is 0 Å². The second-order valence-corrected chi connectivity index (χ2v) is 5.83. The quantitative estimate of drug-likeness (QED) is 0.801. The summed E-state index contributed by atoms with van der Waals surface area (Å²) in [7, 11) is 0. The number of aromatic amines is 1. The normalized spacial score (nSPS) is 13.9. The van der Waals surface area contributed by atoms with E-state index in [1.165, 1.54) is 0 Å². The van der Waals surface area contributed by atoms with Crippen molar-refractivity contribution in [2.45, 2.75) is 30.6 Å². The molecule has 1 unspecified atom stereocenters. The topological polar surface area (TPSA) is 64.5 Å². The molecule has 1 atom stereocenters. The molecule has 0 fully saturated rings. The fraction of sp³-hybridized carbons (Fsp3) is 0.333. The summed E-state index contributed by atoms with van der Waals surface area (Å²) >= 11 is 1.54. The Morgan fingerprint density at radius 3 is 2.70 bits per heavy atom. The first-order valence-electron chi connectivity index (χ1n) is 6.53. The van der Waals surface area contributed by atoms with Gasteiger partial charge in [0.25, 0.3) is 0 Å². The van der Waals surface area contributed by atoms with Gasteiger partial charge in [0.2, 0.25) is 0 Å². The van der Waals surface area contributed by atoms with Crippen molar-refractivity contribution in [2.24, 2.45) is 0 Å². The highest BCUT2D eigenvalue weighted by atomic mass is 32.2. The molecular weight excluding hydrogens is 268 g/mol. The zero-order chi connectivity index (χ0) is 14.4. The van der Waals surface area contributed by atoms with Crippen LogP contribution in [0.1, 0.15) is 19.4 Å². The van der Waals surface area contributed by atoms with Crippen LogP contribution in [0.4, 0.5) is 0 Å². The van der Waals surface area contributed by atoms with Gasteiger partial charge in [0.1, 0.15) is 5.54 Å². The molecule has 1 heterocycles. The predicted molar refractivity (Wildman–Crippen MR) is 81.3 cm³/mol. The summed E-state index contributed by atoms with van der Waals surface area (Å²) in [6.07, 6.45) is 3.50. The number of nitrogens with zero attached hydrogens (tertiary/aromatic N) is 2. The second kappa shape index (κ2) is 6.60. The molecular formula is C15H18N4S. The van der Waals surface area contributed by atoms with Crippen molar-refractivity contribution < 1.29 is 0 Å². The molecule has 1 aromatic heterocycles. The van der Waals surface area contributed by atoms with Gasteiger partial charge < -0.3 is 4.98 Å². The van der Waals surface area contributed by atoms with Gasteiger partial charge in [-0.25, -0.2) is 4.98 Å². The Morgan fingerprint density at radius 2 is 2.15 bits per heavy atom. The van der Waals surface area contributed by atoms with Crippen LogP contribution in [0.3, 0.4) is 0 Å². The standard InChI is InChI=1S/C15H18N4S/c1-12(2)19-15(10-16,13-6-4-3-5-7-13)11-20-14-17-8-9-18-14/h3-9,12,19H,11H2,1-2H3,(H,17,18). The summed E-state index contributed by atoms with van der Waals surface area (Å²) in [5.41, 5.74) is 0.266. The van der Waals surface area contributed by atoms with E-state index in [1.807, 2.05) is 44.2 Å². The van der Waals surface area contributed by atoms with Crippen molar-refractivity contribution in [1.29, 1.82) is 5.26 Å². The first-order valence-corrected chi connectivity index (χ1v) is 7.51. The Bertz CT molecular complexity index is 559. The molecule has 0 saturated heterocycles. The van der Waals surface area contributed by atoms with Crippen molar-refractivity contribution in [3.63, 3.8) is 0 Å². The minimum atomic E-state index is -0.715. The zero-order valence-corrected chi connectivity index (χ0v) is 12.4. The number of nitriles is 1. The van der Waals surface area contributed by atoms with Gasteiger partial charge in [0.05, 0.1) is 6.07 Å². The van der Waals surface area contributed by atoms with Crippen molar-refractivity contribution in [1.82, 2.24) is 15.3 Å². The minimum absolute atomic E-state index is 0.215. The highest BCUT2D eigenvalue weighted by Crippen LogP contribution is 2.28. The molecule has 0 bridgehead atoms. The summed E-state index contributed by atoms with van der Waals surface area (Å²) in [4.78, 5) is 7.25. The first-order chi connectivity index (χ1) is 9.66. The van der Waals surface area contributed by atoms with Gasteiger partial charge in [-0.15, -0.1) is 0 Å². The van der Waals surface area contributed by atoms with E-state index in [0.717, 1.165) is 10.7 Å². The number of nitrogens with one attached hydrogen (secondary N) is 2. The van der Waals surface area contributed by atoms with Crippen LogP contribution >= 0.6 is 11.8 Å². The molecule has 5 heteroatoms. The van der Waals surface area contributed by atoms with Gasteiger partial charge in [-0.2, -0.15) is 5.26 Å². The van der Waals surface area contributed by atoms with Crippen LogP contribution in [-0.4, -0.2) is 21.8 Å². The molecule has 2 rings (SSSR count). The van der Waals surface area contributed by atoms with E-state index in [4.69, 9.17) is 0 Å². The van der Waals surface area contributed by atoms with E-state index in [1.54, 1.807) is 24.2 Å². The Labute approximate surface area is 123 Å². The third-order valence-electron chi connectivity index (χ3n) is 2.89. The summed E-state index contributed by atoms with van der Waals surface area (Å²) in [5, 5.41) is 14.0. The average Bonchev–Trinajstić information content (AvgIpc) is 2.97. The predicted octanol–water partition coefficient (Wildman–Crippen LogP) is 2.92. The molecule has 0 spiro atoms. The third-order valence-corrected chi connectivity index (χ3v) is 3.97. The fourth-order valence-corrected chi connectivity index (χ4v) is 3.01. The molecule has 20 heavy (non-hydrogen) atoms. The number of thioether (sulfide) groups is 1. The number of imidazole rings is 1. The molecule has 0 saturated carbocycles. The summed E-state index contributed by atoms with van der Waals surface area (Å²) < 4.78 is 0. The molecule has 0 aliphatic carbocycles. The molecule has 1 aromatic carbocycles. The maximum absolute atomic E-state index is 9.75. The van der Waals surface area contributed by atoms with Gasteiger partial charge in [-0.05, 0) is 19.4 Å². The molecule has 0 radical (unpaired) electrons. The van der Waals surface area contributed by atoms with Crippen LogP contribution in [0.15, 0.2) is 47.9 Å².